The number of hydrogen-bond donors (Lipinski definition) is 1. The standard InChI is InChI=1S/C11H8ClN5/c12-8-3-1-2-4-9(8)17-11-7(5-16-17)10(13)14-6-15-11/h1-6H,(H2,13,14,15). The summed E-state index contributed by atoms with van der Waals surface area (Å²) in [6, 6.07) is 7.42. The smallest absolute Gasteiger partial charge is 0.168 e. The van der Waals surface area contributed by atoms with Crippen LogP contribution in [0.4, 0.5) is 5.82 Å². The maximum atomic E-state index is 6.12. The molecule has 0 saturated carbocycles. The number of halogens is 1. The zero-order valence-electron chi connectivity index (χ0n) is 8.71. The molecule has 6 heteroatoms. The normalized spacial score (nSPS) is 10.9. The first kappa shape index (κ1) is 10.0. The van der Waals surface area contributed by atoms with Gasteiger partial charge in [-0.1, -0.05) is 23.7 Å². The first-order chi connectivity index (χ1) is 8.27. The second-order valence-electron chi connectivity index (χ2n) is 3.50. The van der Waals surface area contributed by atoms with Crippen molar-refractivity contribution in [3.05, 3.63) is 41.8 Å². The maximum Gasteiger partial charge on any atom is 0.168 e. The summed E-state index contributed by atoms with van der Waals surface area (Å²) in [5.41, 5.74) is 7.16. The Morgan fingerprint density at radius 1 is 1.18 bits per heavy atom. The zero-order chi connectivity index (χ0) is 11.8. The van der Waals surface area contributed by atoms with Crippen molar-refractivity contribution in [2.75, 3.05) is 5.73 Å². The predicted octanol–water partition coefficient (Wildman–Crippen LogP) is 2.05. The van der Waals surface area contributed by atoms with Crippen LogP contribution in [0.15, 0.2) is 36.8 Å². The van der Waals surface area contributed by atoms with Gasteiger partial charge in [-0.2, -0.15) is 5.10 Å². The summed E-state index contributed by atoms with van der Waals surface area (Å²) in [5, 5.41) is 5.56. The van der Waals surface area contributed by atoms with E-state index in [0.717, 1.165) is 5.69 Å². The van der Waals surface area contributed by atoms with Gasteiger partial charge in [-0.15, -0.1) is 0 Å². The van der Waals surface area contributed by atoms with Gasteiger partial charge in [0.2, 0.25) is 0 Å². The molecule has 2 N–H and O–H groups in total. The quantitative estimate of drug-likeness (QED) is 0.712. The summed E-state index contributed by atoms with van der Waals surface area (Å²) >= 11 is 6.12. The molecule has 0 aliphatic rings. The van der Waals surface area contributed by atoms with Gasteiger partial charge in [0.15, 0.2) is 5.65 Å². The van der Waals surface area contributed by atoms with E-state index >= 15 is 0 Å². The first-order valence-electron chi connectivity index (χ1n) is 4.96. The molecule has 2 aromatic heterocycles. The number of nitrogens with zero attached hydrogens (tertiary/aromatic N) is 4. The van der Waals surface area contributed by atoms with Crippen molar-refractivity contribution in [2.24, 2.45) is 0 Å². The van der Waals surface area contributed by atoms with Gasteiger partial charge < -0.3 is 5.73 Å². The Morgan fingerprint density at radius 3 is 2.82 bits per heavy atom. The molecule has 0 atom stereocenters. The summed E-state index contributed by atoms with van der Waals surface area (Å²) in [4.78, 5) is 8.09. The Hall–Kier alpha value is -2.14. The number of benzene rings is 1. The molecule has 0 aliphatic carbocycles. The summed E-state index contributed by atoms with van der Waals surface area (Å²) < 4.78 is 1.65. The average Bonchev–Trinajstić information content (AvgIpc) is 2.75. The molecule has 3 aromatic rings. The Morgan fingerprint density at radius 2 is 2.00 bits per heavy atom. The number of aromatic nitrogens is 4. The van der Waals surface area contributed by atoms with Crippen molar-refractivity contribution in [1.82, 2.24) is 19.7 Å². The van der Waals surface area contributed by atoms with Gasteiger partial charge in [0.05, 0.1) is 22.3 Å². The van der Waals surface area contributed by atoms with Crippen LogP contribution in [-0.4, -0.2) is 19.7 Å². The Labute approximate surface area is 102 Å². The van der Waals surface area contributed by atoms with E-state index in [2.05, 4.69) is 15.1 Å². The van der Waals surface area contributed by atoms with E-state index in [1.165, 1.54) is 6.33 Å². The van der Waals surface area contributed by atoms with Gasteiger partial charge in [0.1, 0.15) is 12.1 Å². The molecule has 0 spiro atoms. The van der Waals surface area contributed by atoms with E-state index < -0.39 is 0 Å². The Bertz CT molecular complexity index is 691. The molecule has 17 heavy (non-hydrogen) atoms. The lowest BCUT2D eigenvalue weighted by atomic mass is 10.3. The van der Waals surface area contributed by atoms with Crippen molar-refractivity contribution in [1.29, 1.82) is 0 Å². The van der Waals surface area contributed by atoms with E-state index in [-0.39, 0.29) is 0 Å². The summed E-state index contributed by atoms with van der Waals surface area (Å²) in [5.74, 6) is 0.410. The number of hydrogen-bond acceptors (Lipinski definition) is 4. The van der Waals surface area contributed by atoms with E-state index in [1.807, 2.05) is 18.2 Å². The van der Waals surface area contributed by atoms with Crippen LogP contribution in [0.25, 0.3) is 16.7 Å². The fourth-order valence-electron chi connectivity index (χ4n) is 1.66. The minimum absolute atomic E-state index is 0.410. The molecule has 2 heterocycles. The molecular weight excluding hydrogens is 238 g/mol. The molecule has 3 rings (SSSR count). The lowest BCUT2D eigenvalue weighted by molar-refractivity contribution is 0.895. The highest BCUT2D eigenvalue weighted by atomic mass is 35.5. The van der Waals surface area contributed by atoms with Crippen molar-refractivity contribution < 1.29 is 0 Å². The van der Waals surface area contributed by atoms with E-state index in [9.17, 15) is 0 Å². The Kier molecular flexibility index (Phi) is 2.19. The van der Waals surface area contributed by atoms with Gasteiger partial charge in [0, 0.05) is 0 Å². The third-order valence-corrected chi connectivity index (χ3v) is 2.80. The van der Waals surface area contributed by atoms with Crippen molar-refractivity contribution in [3.8, 4) is 5.69 Å². The first-order valence-corrected chi connectivity index (χ1v) is 5.34. The third-order valence-electron chi connectivity index (χ3n) is 2.48. The highest BCUT2D eigenvalue weighted by molar-refractivity contribution is 6.32. The van der Waals surface area contributed by atoms with Gasteiger partial charge in [-0.05, 0) is 12.1 Å². The molecule has 0 amide bonds. The van der Waals surface area contributed by atoms with E-state index in [1.54, 1.807) is 16.9 Å². The highest BCUT2D eigenvalue weighted by Gasteiger charge is 2.10. The number of para-hydroxylation sites is 1. The predicted molar refractivity (Wildman–Crippen MR) is 66.1 cm³/mol. The minimum atomic E-state index is 0.410. The second-order valence-corrected chi connectivity index (χ2v) is 3.91. The third kappa shape index (κ3) is 1.52. The Balaban J connectivity index is 2.33. The largest absolute Gasteiger partial charge is 0.383 e. The number of nitrogen functional groups attached to an aromatic ring is 1. The van der Waals surface area contributed by atoms with E-state index in [0.29, 0.717) is 21.9 Å². The van der Waals surface area contributed by atoms with Crippen LogP contribution < -0.4 is 5.73 Å². The molecule has 0 fully saturated rings. The van der Waals surface area contributed by atoms with Crippen LogP contribution >= 0.6 is 11.6 Å². The zero-order valence-corrected chi connectivity index (χ0v) is 9.46. The summed E-state index contributed by atoms with van der Waals surface area (Å²) in [6.07, 6.45) is 3.04. The molecular formula is C11H8ClN5. The van der Waals surface area contributed by atoms with Crippen LogP contribution in [0.1, 0.15) is 0 Å². The molecule has 0 aliphatic heterocycles. The van der Waals surface area contributed by atoms with Crippen LogP contribution in [0, 0.1) is 0 Å². The van der Waals surface area contributed by atoms with Gasteiger partial charge >= 0.3 is 0 Å². The molecule has 0 bridgehead atoms. The number of nitrogens with two attached hydrogens (primary N) is 1. The molecule has 5 nitrogen and oxygen atoms in total. The van der Waals surface area contributed by atoms with Crippen molar-refractivity contribution in [3.63, 3.8) is 0 Å². The number of fused-ring (bicyclic) bond motifs is 1. The van der Waals surface area contributed by atoms with E-state index in [4.69, 9.17) is 17.3 Å². The second kappa shape index (κ2) is 3.71. The minimum Gasteiger partial charge on any atom is -0.383 e. The van der Waals surface area contributed by atoms with Gasteiger partial charge in [-0.25, -0.2) is 14.6 Å². The molecule has 1 aromatic carbocycles. The highest BCUT2D eigenvalue weighted by Crippen LogP contribution is 2.24. The monoisotopic (exact) mass is 245 g/mol. The average molecular weight is 246 g/mol. The summed E-state index contributed by atoms with van der Waals surface area (Å²) in [6.45, 7) is 0. The molecule has 0 saturated heterocycles. The van der Waals surface area contributed by atoms with Crippen molar-refractivity contribution in [2.45, 2.75) is 0 Å². The van der Waals surface area contributed by atoms with Crippen LogP contribution in [0.3, 0.4) is 0 Å². The van der Waals surface area contributed by atoms with Crippen molar-refractivity contribution >= 4 is 28.5 Å². The fourth-order valence-corrected chi connectivity index (χ4v) is 1.88. The topological polar surface area (TPSA) is 69.6 Å². The lowest BCUT2D eigenvalue weighted by Crippen LogP contribution is -1.99. The maximum absolute atomic E-state index is 6.12. The van der Waals surface area contributed by atoms with Crippen LogP contribution in [0.2, 0.25) is 5.02 Å². The molecule has 0 radical (unpaired) electrons. The summed E-state index contributed by atoms with van der Waals surface area (Å²) in [7, 11) is 0. The number of anilines is 1. The molecule has 0 unspecified atom stereocenters. The van der Waals surface area contributed by atoms with Crippen LogP contribution in [-0.2, 0) is 0 Å². The number of rotatable bonds is 1. The molecule has 84 valence electrons. The van der Waals surface area contributed by atoms with Gasteiger partial charge in [0.25, 0.3) is 0 Å². The van der Waals surface area contributed by atoms with Gasteiger partial charge in [-0.3, -0.25) is 0 Å². The van der Waals surface area contributed by atoms with Crippen LogP contribution in [0.5, 0.6) is 0 Å². The SMILES string of the molecule is Nc1ncnc2c1cnn2-c1ccccc1Cl. The lowest BCUT2D eigenvalue weighted by Gasteiger charge is -2.04. The fraction of sp³-hybridized carbons (Fsp3) is 0.